The molecule has 2 unspecified atom stereocenters. The van der Waals surface area contributed by atoms with Crippen molar-refractivity contribution in [1.29, 1.82) is 0 Å². The molecule has 0 saturated heterocycles. The predicted molar refractivity (Wildman–Crippen MR) is 93.6 cm³/mol. The quantitative estimate of drug-likeness (QED) is 0.762. The number of Topliss-reactive ketones (excluding diaryl/α,β-unsaturated/α-hetero) is 1. The molecular weight excluding hydrogens is 316 g/mol. The third kappa shape index (κ3) is 1.81. The van der Waals surface area contributed by atoms with Crippen LogP contribution in [0.1, 0.15) is 43.6 Å². The minimum Gasteiger partial charge on any atom is -0.454 e. The molecule has 1 heterocycles. The van der Waals surface area contributed by atoms with E-state index in [1.165, 1.54) is 0 Å². The fraction of sp³-hybridized carbons (Fsp3) is 0.381. The van der Waals surface area contributed by atoms with Gasteiger partial charge in [-0.25, -0.2) is 0 Å². The third-order valence-corrected chi connectivity index (χ3v) is 5.41. The van der Waals surface area contributed by atoms with Crippen LogP contribution in [0.25, 0.3) is 0 Å². The maximum Gasteiger partial charge on any atom is 0.276 e. The summed E-state index contributed by atoms with van der Waals surface area (Å²) in [4.78, 5) is 13.1. The highest BCUT2D eigenvalue weighted by Gasteiger charge is 2.72. The first-order chi connectivity index (χ1) is 11.6. The lowest BCUT2D eigenvalue weighted by molar-refractivity contribution is -0.235. The van der Waals surface area contributed by atoms with Crippen molar-refractivity contribution in [2.24, 2.45) is 11.3 Å². The molecule has 0 spiro atoms. The van der Waals surface area contributed by atoms with E-state index in [4.69, 9.17) is 4.74 Å². The summed E-state index contributed by atoms with van der Waals surface area (Å²) in [6.07, 6.45) is 5.77. The summed E-state index contributed by atoms with van der Waals surface area (Å²) in [5.41, 5.74) is -0.468. The van der Waals surface area contributed by atoms with Crippen LogP contribution in [0, 0.1) is 11.3 Å². The Labute approximate surface area is 147 Å². The van der Waals surface area contributed by atoms with Crippen molar-refractivity contribution in [2.75, 3.05) is 0 Å². The second-order valence-corrected chi connectivity index (χ2v) is 8.08. The number of carbonyl (C=O) groups is 1. The number of rotatable bonds is 0. The molecule has 3 atom stereocenters. The molecule has 0 amide bonds. The number of aliphatic hydroxyl groups is 2. The summed E-state index contributed by atoms with van der Waals surface area (Å²) < 4.78 is 6.02. The predicted octanol–water partition coefficient (Wildman–Crippen LogP) is 3.22. The highest BCUT2D eigenvalue weighted by atomic mass is 16.7. The highest BCUT2D eigenvalue weighted by molar-refractivity contribution is 6.11. The lowest BCUT2D eigenvalue weighted by Gasteiger charge is -2.32. The van der Waals surface area contributed by atoms with Gasteiger partial charge >= 0.3 is 0 Å². The van der Waals surface area contributed by atoms with Gasteiger partial charge in [-0.2, -0.15) is 0 Å². The molecule has 2 aliphatic carbocycles. The number of ether oxygens (including phenoxy) is 1. The average Bonchev–Trinajstić information content (AvgIpc) is 2.77. The van der Waals surface area contributed by atoms with E-state index in [0.717, 1.165) is 5.57 Å². The van der Waals surface area contributed by atoms with Gasteiger partial charge in [-0.05, 0) is 11.0 Å². The summed E-state index contributed by atoms with van der Waals surface area (Å²) in [5.74, 6) is -2.41. The highest BCUT2D eigenvalue weighted by Crippen LogP contribution is 2.59. The Morgan fingerprint density at radius 2 is 1.84 bits per heavy atom. The average molecular weight is 338 g/mol. The Balaban J connectivity index is 2.01. The fourth-order valence-electron chi connectivity index (χ4n) is 4.14. The number of benzene rings is 1. The zero-order chi connectivity index (χ0) is 18.2. The number of allylic oxidation sites excluding steroid dienone is 4. The Morgan fingerprint density at radius 1 is 1.16 bits per heavy atom. The van der Waals surface area contributed by atoms with Crippen LogP contribution < -0.4 is 0 Å². The van der Waals surface area contributed by atoms with Gasteiger partial charge in [0.1, 0.15) is 5.76 Å². The van der Waals surface area contributed by atoms with Crippen molar-refractivity contribution in [1.82, 2.24) is 0 Å². The first-order valence-electron chi connectivity index (χ1n) is 8.54. The molecule has 0 radical (unpaired) electrons. The van der Waals surface area contributed by atoms with E-state index in [-0.39, 0.29) is 11.3 Å². The van der Waals surface area contributed by atoms with Crippen LogP contribution in [0.5, 0.6) is 0 Å². The van der Waals surface area contributed by atoms with Crippen LogP contribution in [0.15, 0.2) is 59.4 Å². The normalized spacial score (nSPS) is 33.4. The molecule has 0 saturated carbocycles. The molecule has 0 bridgehead atoms. The topological polar surface area (TPSA) is 66.8 Å². The Kier molecular flexibility index (Phi) is 3.07. The molecule has 4 nitrogen and oxygen atoms in total. The third-order valence-electron chi connectivity index (χ3n) is 5.41. The molecule has 0 aromatic heterocycles. The number of ketones is 1. The molecule has 1 aromatic carbocycles. The molecule has 0 fully saturated rings. The van der Waals surface area contributed by atoms with Gasteiger partial charge in [0.15, 0.2) is 0 Å². The minimum atomic E-state index is -2.11. The van der Waals surface area contributed by atoms with Crippen LogP contribution in [0.2, 0.25) is 0 Å². The van der Waals surface area contributed by atoms with Gasteiger partial charge in [-0.3, -0.25) is 4.79 Å². The fourth-order valence-corrected chi connectivity index (χ4v) is 4.14. The van der Waals surface area contributed by atoms with E-state index < -0.39 is 17.2 Å². The smallest absolute Gasteiger partial charge is 0.276 e. The van der Waals surface area contributed by atoms with Crippen molar-refractivity contribution in [3.63, 3.8) is 0 Å². The zero-order valence-corrected chi connectivity index (χ0v) is 14.8. The Bertz CT molecular complexity index is 883. The molecule has 2 N–H and O–H groups in total. The second kappa shape index (κ2) is 4.71. The van der Waals surface area contributed by atoms with Crippen molar-refractivity contribution < 1.29 is 19.7 Å². The van der Waals surface area contributed by atoms with Gasteiger partial charge in [0.25, 0.3) is 5.79 Å². The van der Waals surface area contributed by atoms with Crippen molar-refractivity contribution in [2.45, 2.75) is 39.1 Å². The first-order valence-corrected chi connectivity index (χ1v) is 8.54. The van der Waals surface area contributed by atoms with Gasteiger partial charge < -0.3 is 14.9 Å². The SMILES string of the molecule is C[C@H]1C=CC=C(C(C)(C)C)C2=C1C1(O)C(=O)c3ccccc3C1(O)O2. The molecule has 25 heavy (non-hydrogen) atoms. The van der Waals surface area contributed by atoms with E-state index in [1.807, 2.05) is 45.9 Å². The first kappa shape index (κ1) is 16.3. The summed E-state index contributed by atoms with van der Waals surface area (Å²) in [6, 6.07) is 6.70. The molecular formula is C21H22O4. The van der Waals surface area contributed by atoms with E-state index in [9.17, 15) is 15.0 Å². The van der Waals surface area contributed by atoms with E-state index in [0.29, 0.717) is 22.5 Å². The largest absolute Gasteiger partial charge is 0.454 e. The number of fused-ring (bicyclic) bond motifs is 4. The van der Waals surface area contributed by atoms with Crippen LogP contribution in [-0.4, -0.2) is 21.6 Å². The molecule has 130 valence electrons. The van der Waals surface area contributed by atoms with E-state index >= 15 is 0 Å². The van der Waals surface area contributed by atoms with Crippen molar-refractivity contribution >= 4 is 5.78 Å². The zero-order valence-electron chi connectivity index (χ0n) is 14.8. The van der Waals surface area contributed by atoms with Gasteiger partial charge in [0, 0.05) is 22.6 Å². The van der Waals surface area contributed by atoms with Gasteiger partial charge in [-0.1, -0.05) is 70.2 Å². The summed E-state index contributed by atoms with van der Waals surface area (Å²) in [7, 11) is 0. The molecule has 4 heteroatoms. The van der Waals surface area contributed by atoms with Crippen LogP contribution in [-0.2, 0) is 10.5 Å². The van der Waals surface area contributed by atoms with E-state index in [1.54, 1.807) is 24.3 Å². The number of hydrogen-bond donors (Lipinski definition) is 2. The molecule has 4 rings (SSSR count). The maximum absolute atomic E-state index is 13.1. The minimum absolute atomic E-state index is 0.247. The summed E-state index contributed by atoms with van der Waals surface area (Å²) in [6.45, 7) is 8.01. The summed E-state index contributed by atoms with van der Waals surface area (Å²) >= 11 is 0. The summed E-state index contributed by atoms with van der Waals surface area (Å²) in [5, 5.41) is 22.9. The number of hydrogen-bond acceptors (Lipinski definition) is 4. The number of carbonyl (C=O) groups excluding carboxylic acids is 1. The standard InChI is InChI=1S/C21H22O4/c1-12-8-7-11-15(19(2,3)4)17-16(12)20(23)18(22)13-9-5-6-10-14(13)21(20,24)25-17/h5-12,23-24H,1-4H3/t12-,20?,21?/m0/s1. The lowest BCUT2D eigenvalue weighted by atomic mass is 9.77. The molecule has 1 aliphatic heterocycles. The van der Waals surface area contributed by atoms with E-state index in [2.05, 4.69) is 0 Å². The maximum atomic E-state index is 13.1. The van der Waals surface area contributed by atoms with Crippen LogP contribution in [0.4, 0.5) is 0 Å². The van der Waals surface area contributed by atoms with Crippen LogP contribution >= 0.6 is 0 Å². The van der Waals surface area contributed by atoms with Gasteiger partial charge in [-0.15, -0.1) is 0 Å². The van der Waals surface area contributed by atoms with Crippen LogP contribution in [0.3, 0.4) is 0 Å². The van der Waals surface area contributed by atoms with Gasteiger partial charge in [0.05, 0.1) is 0 Å². The molecule has 1 aromatic rings. The van der Waals surface area contributed by atoms with Crippen molar-refractivity contribution in [3.05, 3.63) is 70.5 Å². The Morgan fingerprint density at radius 3 is 2.52 bits per heavy atom. The Hall–Kier alpha value is -2.17. The van der Waals surface area contributed by atoms with Crippen molar-refractivity contribution in [3.8, 4) is 0 Å². The van der Waals surface area contributed by atoms with Gasteiger partial charge in [0.2, 0.25) is 11.4 Å². The monoisotopic (exact) mass is 338 g/mol. The molecule has 3 aliphatic rings. The lowest BCUT2D eigenvalue weighted by Crippen LogP contribution is -2.52. The second-order valence-electron chi connectivity index (χ2n) is 8.08.